The van der Waals surface area contributed by atoms with Crippen molar-refractivity contribution >= 4 is 35.2 Å². The van der Waals surface area contributed by atoms with Gasteiger partial charge in [0.15, 0.2) is 11.5 Å². The van der Waals surface area contributed by atoms with E-state index in [1.807, 2.05) is 0 Å². The lowest BCUT2D eigenvalue weighted by atomic mass is 10.1. The van der Waals surface area contributed by atoms with Crippen molar-refractivity contribution in [3.05, 3.63) is 68.4 Å². The molecule has 1 amide bonds. The maximum atomic E-state index is 11.3. The second-order valence-electron chi connectivity index (χ2n) is 6.02. The first-order chi connectivity index (χ1) is 14.2. The summed E-state index contributed by atoms with van der Waals surface area (Å²) >= 11 is 6.31. The molecule has 158 valence electrons. The number of carbonyl (C=O) groups is 2. The number of non-ortho nitro benzene ring substituents is 1. The fourth-order valence-corrected chi connectivity index (χ4v) is 2.77. The van der Waals surface area contributed by atoms with Crippen LogP contribution < -0.4 is 14.8 Å². The van der Waals surface area contributed by atoms with E-state index in [1.165, 1.54) is 37.3 Å². The average molecular weight is 435 g/mol. The molecule has 0 unspecified atom stereocenters. The molecule has 9 nitrogen and oxygen atoms in total. The zero-order chi connectivity index (χ0) is 22.3. The van der Waals surface area contributed by atoms with Gasteiger partial charge in [0.2, 0.25) is 5.91 Å². The van der Waals surface area contributed by atoms with E-state index in [9.17, 15) is 24.8 Å². The van der Waals surface area contributed by atoms with Crippen molar-refractivity contribution < 1.29 is 29.1 Å². The molecule has 2 N–H and O–H groups in total. The fraction of sp³-hybridized carbons (Fsp3) is 0.200. The van der Waals surface area contributed by atoms with Gasteiger partial charge in [-0.3, -0.25) is 14.9 Å². The number of aliphatic carboxylic acids is 1. The summed E-state index contributed by atoms with van der Waals surface area (Å²) in [4.78, 5) is 32.9. The van der Waals surface area contributed by atoms with Gasteiger partial charge in [0.25, 0.3) is 5.69 Å². The van der Waals surface area contributed by atoms with Crippen LogP contribution in [-0.4, -0.2) is 28.5 Å². The molecule has 2 rings (SSSR count). The molecule has 0 heterocycles. The van der Waals surface area contributed by atoms with Gasteiger partial charge in [-0.25, -0.2) is 4.79 Å². The van der Waals surface area contributed by atoms with Crippen molar-refractivity contribution in [1.82, 2.24) is 5.32 Å². The van der Waals surface area contributed by atoms with Crippen LogP contribution in [0.4, 0.5) is 5.69 Å². The highest BCUT2D eigenvalue weighted by Gasteiger charge is 2.15. The zero-order valence-electron chi connectivity index (χ0n) is 16.2. The van der Waals surface area contributed by atoms with Crippen LogP contribution in [0.3, 0.4) is 0 Å². The van der Waals surface area contributed by atoms with Crippen LogP contribution in [0.1, 0.15) is 25.0 Å². The van der Waals surface area contributed by atoms with Gasteiger partial charge in [-0.15, -0.1) is 0 Å². The highest BCUT2D eigenvalue weighted by Crippen LogP contribution is 2.38. The van der Waals surface area contributed by atoms with Crippen molar-refractivity contribution in [2.45, 2.75) is 20.5 Å². The van der Waals surface area contributed by atoms with Crippen LogP contribution in [0.25, 0.3) is 6.08 Å². The number of rotatable bonds is 9. The van der Waals surface area contributed by atoms with Crippen LogP contribution >= 0.6 is 11.6 Å². The van der Waals surface area contributed by atoms with Gasteiger partial charge in [-0.2, -0.15) is 0 Å². The normalized spacial score (nSPS) is 11.0. The lowest BCUT2D eigenvalue weighted by molar-refractivity contribution is -0.384. The number of benzene rings is 2. The molecular weight excluding hydrogens is 416 g/mol. The number of halogens is 1. The number of amides is 1. The summed E-state index contributed by atoms with van der Waals surface area (Å²) in [5.74, 6) is -1.38. The first-order valence-corrected chi connectivity index (χ1v) is 9.14. The van der Waals surface area contributed by atoms with Crippen LogP contribution in [0.5, 0.6) is 11.5 Å². The van der Waals surface area contributed by atoms with E-state index >= 15 is 0 Å². The molecule has 10 heteroatoms. The molecule has 0 bridgehead atoms. The molecule has 0 radical (unpaired) electrons. The van der Waals surface area contributed by atoms with E-state index in [-0.39, 0.29) is 41.1 Å². The van der Waals surface area contributed by atoms with Crippen LogP contribution in [-0.2, 0) is 16.2 Å². The second-order valence-corrected chi connectivity index (χ2v) is 6.43. The standard InChI is InChI=1S/C20H19ClN2O7/c1-3-29-18-10-14(9-17(20(25)26)22-12(2)24)8-16(21)19(18)30-11-13-5-4-6-15(7-13)23(27)28/h4-10H,3,11H2,1-2H3,(H,22,24)(H,25,26). The maximum absolute atomic E-state index is 11.3. The number of carbonyl (C=O) groups excluding carboxylic acids is 1. The van der Waals surface area contributed by atoms with Crippen LogP contribution in [0.15, 0.2) is 42.1 Å². The Labute approximate surface area is 177 Å². The number of nitrogens with zero attached hydrogens (tertiary/aromatic N) is 1. The van der Waals surface area contributed by atoms with Gasteiger partial charge in [0.05, 0.1) is 16.6 Å². The monoisotopic (exact) mass is 434 g/mol. The molecule has 0 atom stereocenters. The average Bonchev–Trinajstić information content (AvgIpc) is 2.67. The Kier molecular flexibility index (Phi) is 7.76. The van der Waals surface area contributed by atoms with Crippen LogP contribution in [0, 0.1) is 10.1 Å². The number of hydrogen-bond acceptors (Lipinski definition) is 6. The molecule has 0 aliphatic rings. The predicted octanol–water partition coefficient (Wildman–Crippen LogP) is 3.79. The molecule has 0 spiro atoms. The number of carboxylic acids is 1. The molecule has 0 aliphatic carbocycles. The minimum Gasteiger partial charge on any atom is -0.490 e. The Balaban J connectivity index is 2.34. The Morgan fingerprint density at radius 3 is 2.60 bits per heavy atom. The number of nitro benzene ring substituents is 1. The Bertz CT molecular complexity index is 1000. The molecular formula is C20H19ClN2O7. The van der Waals surface area contributed by atoms with E-state index < -0.39 is 16.8 Å². The first-order valence-electron chi connectivity index (χ1n) is 8.76. The smallest absolute Gasteiger partial charge is 0.352 e. The highest BCUT2D eigenvalue weighted by atomic mass is 35.5. The Morgan fingerprint density at radius 1 is 1.27 bits per heavy atom. The third kappa shape index (κ3) is 6.21. The number of carboxylic acid groups (broad SMARTS) is 1. The molecule has 0 fully saturated rings. The van der Waals surface area contributed by atoms with Gasteiger partial charge in [0, 0.05) is 19.1 Å². The van der Waals surface area contributed by atoms with Crippen molar-refractivity contribution in [2.75, 3.05) is 6.61 Å². The quantitative estimate of drug-likeness (QED) is 0.349. The summed E-state index contributed by atoms with van der Waals surface area (Å²) in [5.41, 5.74) is 0.543. The fourth-order valence-electron chi connectivity index (χ4n) is 2.50. The summed E-state index contributed by atoms with van der Waals surface area (Å²) < 4.78 is 11.3. The summed E-state index contributed by atoms with van der Waals surface area (Å²) in [6, 6.07) is 8.95. The number of nitrogens with one attached hydrogen (secondary N) is 1. The third-order valence-electron chi connectivity index (χ3n) is 3.69. The van der Waals surface area contributed by atoms with E-state index in [1.54, 1.807) is 19.1 Å². The molecule has 0 saturated heterocycles. The first kappa shape index (κ1) is 22.7. The Hall–Kier alpha value is -3.59. The summed E-state index contributed by atoms with van der Waals surface area (Å²) in [6.45, 7) is 3.23. The second kappa shape index (κ2) is 10.3. The Morgan fingerprint density at radius 2 is 2.00 bits per heavy atom. The number of nitro groups is 1. The van der Waals surface area contributed by atoms with Crippen LogP contribution in [0.2, 0.25) is 5.02 Å². The minimum absolute atomic E-state index is 0.00291. The van der Waals surface area contributed by atoms with Crippen molar-refractivity contribution in [3.8, 4) is 11.5 Å². The zero-order valence-corrected chi connectivity index (χ0v) is 16.9. The van der Waals surface area contributed by atoms with E-state index in [0.29, 0.717) is 11.1 Å². The predicted molar refractivity (Wildman–Crippen MR) is 109 cm³/mol. The van der Waals surface area contributed by atoms with E-state index in [0.717, 1.165) is 0 Å². The lowest BCUT2D eigenvalue weighted by Crippen LogP contribution is -2.24. The number of ether oxygens (including phenoxy) is 2. The van der Waals surface area contributed by atoms with Gasteiger partial charge in [0.1, 0.15) is 12.3 Å². The third-order valence-corrected chi connectivity index (χ3v) is 3.97. The molecule has 0 aromatic heterocycles. The maximum Gasteiger partial charge on any atom is 0.352 e. The van der Waals surface area contributed by atoms with Gasteiger partial charge in [-0.1, -0.05) is 23.7 Å². The number of hydrogen-bond donors (Lipinski definition) is 2. The molecule has 30 heavy (non-hydrogen) atoms. The topological polar surface area (TPSA) is 128 Å². The van der Waals surface area contributed by atoms with Gasteiger partial charge < -0.3 is 19.9 Å². The van der Waals surface area contributed by atoms with Gasteiger partial charge in [-0.05, 0) is 36.3 Å². The van der Waals surface area contributed by atoms with Gasteiger partial charge >= 0.3 is 5.97 Å². The molecule has 0 saturated carbocycles. The van der Waals surface area contributed by atoms with E-state index in [4.69, 9.17) is 21.1 Å². The largest absolute Gasteiger partial charge is 0.490 e. The summed E-state index contributed by atoms with van der Waals surface area (Å²) in [5, 5.41) is 22.5. The van der Waals surface area contributed by atoms with Crippen molar-refractivity contribution in [2.24, 2.45) is 0 Å². The highest BCUT2D eigenvalue weighted by molar-refractivity contribution is 6.32. The molecule has 2 aromatic carbocycles. The SMILES string of the molecule is CCOc1cc(C=C(NC(C)=O)C(=O)O)cc(Cl)c1OCc1cccc([N+](=O)[O-])c1. The summed E-state index contributed by atoms with van der Waals surface area (Å²) in [7, 11) is 0. The van der Waals surface area contributed by atoms with Crippen molar-refractivity contribution in [1.29, 1.82) is 0 Å². The van der Waals surface area contributed by atoms with E-state index in [2.05, 4.69) is 5.32 Å². The minimum atomic E-state index is -1.31. The molecule has 2 aromatic rings. The lowest BCUT2D eigenvalue weighted by Gasteiger charge is -2.15. The van der Waals surface area contributed by atoms with Crippen molar-refractivity contribution in [3.63, 3.8) is 0 Å². The molecule has 0 aliphatic heterocycles. The summed E-state index contributed by atoms with van der Waals surface area (Å²) in [6.07, 6.45) is 1.24.